The van der Waals surface area contributed by atoms with Crippen LogP contribution in [0.25, 0.3) is 11.3 Å². The fourth-order valence-electron chi connectivity index (χ4n) is 3.04. The molecule has 0 bridgehead atoms. The molecule has 18 heavy (non-hydrogen) atoms. The maximum absolute atomic E-state index is 6.07. The van der Waals surface area contributed by atoms with Crippen LogP contribution < -0.4 is 5.73 Å². The van der Waals surface area contributed by atoms with Gasteiger partial charge in [0, 0.05) is 11.1 Å². The molecule has 1 heterocycles. The minimum Gasteiger partial charge on any atom is -0.383 e. The zero-order chi connectivity index (χ0) is 12.9. The number of nitrogen functional groups attached to an aromatic ring is 1. The molecule has 3 rings (SSSR count). The minimum absolute atomic E-state index is 0.0124. The Balaban J connectivity index is 2.41. The van der Waals surface area contributed by atoms with E-state index in [9.17, 15) is 0 Å². The van der Waals surface area contributed by atoms with Crippen LogP contribution in [0.15, 0.2) is 24.5 Å². The fourth-order valence-corrected chi connectivity index (χ4v) is 3.04. The standard InChI is InChI=1S/C15H17N3/c1-9-5-4-6-10-7-15(2,3)12-13(11(9)10)17-8-18-14(12)16/h4-6,8H,7H2,1-3H3,(H2,16,17,18). The van der Waals surface area contributed by atoms with Gasteiger partial charge in [-0.05, 0) is 29.9 Å². The first-order valence-electron chi connectivity index (χ1n) is 6.20. The molecule has 0 unspecified atom stereocenters. The fraction of sp³-hybridized carbons (Fsp3) is 0.333. The number of nitrogens with zero attached hydrogens (tertiary/aromatic N) is 2. The maximum atomic E-state index is 6.07. The van der Waals surface area contributed by atoms with Crippen LogP contribution in [0.3, 0.4) is 0 Å². The van der Waals surface area contributed by atoms with Crippen LogP contribution in [0, 0.1) is 6.92 Å². The molecule has 0 saturated carbocycles. The van der Waals surface area contributed by atoms with E-state index in [2.05, 4.69) is 48.9 Å². The lowest BCUT2D eigenvalue weighted by Crippen LogP contribution is -2.28. The van der Waals surface area contributed by atoms with Gasteiger partial charge in [0.15, 0.2) is 0 Å². The van der Waals surface area contributed by atoms with Crippen molar-refractivity contribution in [3.63, 3.8) is 0 Å². The Morgan fingerprint density at radius 3 is 2.78 bits per heavy atom. The van der Waals surface area contributed by atoms with Crippen molar-refractivity contribution < 1.29 is 0 Å². The van der Waals surface area contributed by atoms with Gasteiger partial charge in [-0.3, -0.25) is 0 Å². The van der Waals surface area contributed by atoms with Crippen molar-refractivity contribution >= 4 is 5.82 Å². The normalized spacial score (nSPS) is 15.9. The van der Waals surface area contributed by atoms with Crippen LogP contribution in [0.4, 0.5) is 5.82 Å². The van der Waals surface area contributed by atoms with Crippen LogP contribution in [0.5, 0.6) is 0 Å². The molecular formula is C15H17N3. The van der Waals surface area contributed by atoms with Crippen LogP contribution >= 0.6 is 0 Å². The number of hydrogen-bond acceptors (Lipinski definition) is 3. The topological polar surface area (TPSA) is 51.8 Å². The molecule has 1 aliphatic rings. The average molecular weight is 239 g/mol. The number of anilines is 1. The zero-order valence-corrected chi connectivity index (χ0v) is 11.0. The number of fused-ring (bicyclic) bond motifs is 3. The lowest BCUT2D eigenvalue weighted by molar-refractivity contribution is 0.514. The molecule has 0 aliphatic heterocycles. The Morgan fingerprint density at radius 1 is 1.22 bits per heavy atom. The van der Waals surface area contributed by atoms with Gasteiger partial charge in [0.25, 0.3) is 0 Å². The summed E-state index contributed by atoms with van der Waals surface area (Å²) in [5.41, 5.74) is 12.0. The molecule has 3 heteroatoms. The summed E-state index contributed by atoms with van der Waals surface area (Å²) >= 11 is 0. The summed E-state index contributed by atoms with van der Waals surface area (Å²) in [6, 6.07) is 6.42. The largest absolute Gasteiger partial charge is 0.383 e. The molecule has 2 N–H and O–H groups in total. The molecule has 0 saturated heterocycles. The average Bonchev–Trinajstić information content (AvgIpc) is 2.27. The molecule has 92 valence electrons. The number of aryl methyl sites for hydroxylation is 1. The van der Waals surface area contributed by atoms with E-state index in [-0.39, 0.29) is 5.41 Å². The lowest BCUT2D eigenvalue weighted by Gasteiger charge is -2.34. The maximum Gasteiger partial charge on any atom is 0.131 e. The summed E-state index contributed by atoms with van der Waals surface area (Å²) in [6.07, 6.45) is 2.54. The van der Waals surface area contributed by atoms with Crippen molar-refractivity contribution in [2.45, 2.75) is 32.6 Å². The first-order chi connectivity index (χ1) is 8.50. The summed E-state index contributed by atoms with van der Waals surface area (Å²) in [4.78, 5) is 8.64. The molecule has 0 amide bonds. The highest BCUT2D eigenvalue weighted by molar-refractivity contribution is 5.77. The Hall–Kier alpha value is -1.90. The van der Waals surface area contributed by atoms with E-state index in [0.29, 0.717) is 5.82 Å². The molecule has 0 atom stereocenters. The third-order valence-corrected chi connectivity index (χ3v) is 3.78. The predicted octanol–water partition coefficient (Wildman–Crippen LogP) is 2.87. The quantitative estimate of drug-likeness (QED) is 0.769. The summed E-state index contributed by atoms with van der Waals surface area (Å²) < 4.78 is 0. The number of hydrogen-bond donors (Lipinski definition) is 1. The van der Waals surface area contributed by atoms with Gasteiger partial charge < -0.3 is 5.73 Å². The van der Waals surface area contributed by atoms with Gasteiger partial charge in [0.2, 0.25) is 0 Å². The second-order valence-corrected chi connectivity index (χ2v) is 5.65. The van der Waals surface area contributed by atoms with Crippen LogP contribution in [0.1, 0.15) is 30.5 Å². The first-order valence-corrected chi connectivity index (χ1v) is 6.20. The van der Waals surface area contributed by atoms with Crippen LogP contribution in [-0.4, -0.2) is 9.97 Å². The first kappa shape index (κ1) is 11.2. The van der Waals surface area contributed by atoms with Gasteiger partial charge in [-0.25, -0.2) is 9.97 Å². The minimum atomic E-state index is -0.0124. The molecule has 2 aromatic rings. The van der Waals surface area contributed by atoms with Crippen molar-refractivity contribution in [1.82, 2.24) is 9.97 Å². The summed E-state index contributed by atoms with van der Waals surface area (Å²) in [7, 11) is 0. The smallest absolute Gasteiger partial charge is 0.131 e. The number of rotatable bonds is 0. The van der Waals surface area contributed by atoms with Crippen molar-refractivity contribution in [2.75, 3.05) is 5.73 Å². The third-order valence-electron chi connectivity index (χ3n) is 3.78. The number of benzene rings is 1. The lowest BCUT2D eigenvalue weighted by atomic mass is 9.71. The van der Waals surface area contributed by atoms with Gasteiger partial charge >= 0.3 is 0 Å². The van der Waals surface area contributed by atoms with Crippen LogP contribution in [0.2, 0.25) is 0 Å². The molecule has 3 nitrogen and oxygen atoms in total. The highest BCUT2D eigenvalue weighted by Crippen LogP contribution is 2.44. The van der Waals surface area contributed by atoms with E-state index in [1.807, 2.05) is 0 Å². The molecule has 1 aromatic carbocycles. The summed E-state index contributed by atoms with van der Waals surface area (Å²) in [5.74, 6) is 0.610. The van der Waals surface area contributed by atoms with E-state index in [1.54, 1.807) is 6.33 Å². The van der Waals surface area contributed by atoms with Gasteiger partial charge in [-0.15, -0.1) is 0 Å². The molecule has 1 aliphatic carbocycles. The van der Waals surface area contributed by atoms with Crippen molar-refractivity contribution in [1.29, 1.82) is 0 Å². The van der Waals surface area contributed by atoms with E-state index < -0.39 is 0 Å². The Labute approximate surface area is 107 Å². The second kappa shape index (κ2) is 3.55. The van der Waals surface area contributed by atoms with E-state index in [0.717, 1.165) is 17.7 Å². The predicted molar refractivity (Wildman–Crippen MR) is 73.3 cm³/mol. The van der Waals surface area contributed by atoms with E-state index in [4.69, 9.17) is 5.73 Å². The Morgan fingerprint density at radius 2 is 2.00 bits per heavy atom. The summed E-state index contributed by atoms with van der Waals surface area (Å²) in [5, 5.41) is 0. The highest BCUT2D eigenvalue weighted by atomic mass is 14.9. The SMILES string of the molecule is Cc1cccc2c1-c1ncnc(N)c1C(C)(C)C2. The van der Waals surface area contributed by atoms with E-state index >= 15 is 0 Å². The van der Waals surface area contributed by atoms with Crippen molar-refractivity contribution in [2.24, 2.45) is 0 Å². The van der Waals surface area contributed by atoms with Gasteiger partial charge in [-0.2, -0.15) is 0 Å². The second-order valence-electron chi connectivity index (χ2n) is 5.65. The van der Waals surface area contributed by atoms with Crippen molar-refractivity contribution in [3.05, 3.63) is 41.2 Å². The van der Waals surface area contributed by atoms with Gasteiger partial charge in [-0.1, -0.05) is 32.0 Å². The molecular weight excluding hydrogens is 222 g/mol. The third kappa shape index (κ3) is 1.43. The number of nitrogens with two attached hydrogens (primary N) is 1. The van der Waals surface area contributed by atoms with Gasteiger partial charge in [0.1, 0.15) is 12.1 Å². The number of aromatic nitrogens is 2. The molecule has 0 radical (unpaired) electrons. The van der Waals surface area contributed by atoms with Crippen molar-refractivity contribution in [3.8, 4) is 11.3 Å². The highest BCUT2D eigenvalue weighted by Gasteiger charge is 2.34. The van der Waals surface area contributed by atoms with Crippen LogP contribution in [-0.2, 0) is 11.8 Å². The monoisotopic (exact) mass is 239 g/mol. The van der Waals surface area contributed by atoms with Gasteiger partial charge in [0.05, 0.1) is 5.69 Å². The molecule has 0 fully saturated rings. The zero-order valence-electron chi connectivity index (χ0n) is 11.0. The Kier molecular flexibility index (Phi) is 2.21. The van der Waals surface area contributed by atoms with E-state index in [1.165, 1.54) is 16.7 Å². The molecule has 1 aromatic heterocycles. The molecule has 0 spiro atoms. The Bertz CT molecular complexity index is 630. The summed E-state index contributed by atoms with van der Waals surface area (Å²) in [6.45, 7) is 6.53.